The number of amides is 1. The second kappa shape index (κ2) is 7.70. The first-order chi connectivity index (χ1) is 10.7. The highest BCUT2D eigenvalue weighted by Gasteiger charge is 2.11. The van der Waals surface area contributed by atoms with E-state index in [0.717, 1.165) is 5.56 Å². The lowest BCUT2D eigenvalue weighted by Gasteiger charge is -2.12. The van der Waals surface area contributed by atoms with Gasteiger partial charge in [-0.05, 0) is 23.8 Å². The Balaban J connectivity index is 2.09. The summed E-state index contributed by atoms with van der Waals surface area (Å²) in [6.07, 6.45) is 0. The number of nitrogens with zero attached hydrogens (tertiary/aromatic N) is 1. The van der Waals surface area contributed by atoms with Crippen LogP contribution in [0.5, 0.6) is 11.5 Å². The number of carbonyl (C=O) groups excluding carboxylic acids is 1. The summed E-state index contributed by atoms with van der Waals surface area (Å²) in [6.45, 7) is 0.380. The Morgan fingerprint density at radius 2 is 1.95 bits per heavy atom. The summed E-state index contributed by atoms with van der Waals surface area (Å²) < 4.78 is 11.0. The summed E-state index contributed by atoms with van der Waals surface area (Å²) in [7, 11) is 1.52. The SMILES string of the molecule is COc1cc(C(=O)NCC#N)ccc1OCc1ccccc1. The number of methoxy groups -OCH3 is 1. The van der Waals surface area contributed by atoms with Crippen LogP contribution in [0.1, 0.15) is 15.9 Å². The van der Waals surface area contributed by atoms with E-state index in [9.17, 15) is 4.79 Å². The third-order valence-corrected chi connectivity index (χ3v) is 2.99. The van der Waals surface area contributed by atoms with Crippen molar-refractivity contribution in [1.82, 2.24) is 5.32 Å². The maximum Gasteiger partial charge on any atom is 0.252 e. The molecule has 0 heterocycles. The van der Waals surface area contributed by atoms with E-state index in [1.54, 1.807) is 18.2 Å². The number of ether oxygens (including phenoxy) is 2. The monoisotopic (exact) mass is 296 g/mol. The fourth-order valence-corrected chi connectivity index (χ4v) is 1.89. The van der Waals surface area contributed by atoms with E-state index in [-0.39, 0.29) is 12.5 Å². The molecule has 1 amide bonds. The smallest absolute Gasteiger partial charge is 0.252 e. The third kappa shape index (κ3) is 4.00. The lowest BCUT2D eigenvalue weighted by atomic mass is 10.2. The van der Waals surface area contributed by atoms with Crippen molar-refractivity contribution in [3.05, 3.63) is 59.7 Å². The zero-order valence-corrected chi connectivity index (χ0v) is 12.2. The molecule has 0 bridgehead atoms. The highest BCUT2D eigenvalue weighted by molar-refractivity contribution is 5.95. The van der Waals surface area contributed by atoms with E-state index in [1.807, 2.05) is 36.4 Å². The van der Waals surface area contributed by atoms with Gasteiger partial charge in [0.1, 0.15) is 13.2 Å². The molecule has 112 valence electrons. The maximum absolute atomic E-state index is 11.8. The number of rotatable bonds is 6. The molecule has 0 fully saturated rings. The van der Waals surface area contributed by atoms with Crippen molar-refractivity contribution in [3.8, 4) is 17.6 Å². The molecule has 1 N–H and O–H groups in total. The van der Waals surface area contributed by atoms with Gasteiger partial charge < -0.3 is 14.8 Å². The summed E-state index contributed by atoms with van der Waals surface area (Å²) in [4.78, 5) is 11.8. The Bertz CT molecular complexity index is 678. The standard InChI is InChI=1S/C17H16N2O3/c1-21-16-11-14(17(20)19-10-9-18)7-8-15(16)22-12-13-5-3-2-4-6-13/h2-8,11H,10,12H2,1H3,(H,19,20). The Hall–Kier alpha value is -3.00. The molecule has 0 unspecified atom stereocenters. The van der Waals surface area contributed by atoms with Crippen molar-refractivity contribution in [3.63, 3.8) is 0 Å². The lowest BCUT2D eigenvalue weighted by molar-refractivity contribution is 0.0958. The second-order valence-corrected chi connectivity index (χ2v) is 4.48. The first-order valence-corrected chi connectivity index (χ1v) is 6.74. The molecule has 0 aliphatic heterocycles. The Morgan fingerprint density at radius 3 is 2.64 bits per heavy atom. The minimum Gasteiger partial charge on any atom is -0.493 e. The van der Waals surface area contributed by atoms with Gasteiger partial charge in [0, 0.05) is 5.56 Å². The van der Waals surface area contributed by atoms with Crippen LogP contribution in [0.3, 0.4) is 0 Å². The topological polar surface area (TPSA) is 71.3 Å². The molecule has 5 nitrogen and oxygen atoms in total. The van der Waals surface area contributed by atoms with Crippen LogP contribution < -0.4 is 14.8 Å². The summed E-state index contributed by atoms with van der Waals surface area (Å²) in [5, 5.41) is 11.0. The van der Waals surface area contributed by atoms with Crippen LogP contribution in [0.2, 0.25) is 0 Å². The molecule has 2 aromatic rings. The van der Waals surface area contributed by atoms with E-state index in [1.165, 1.54) is 7.11 Å². The van der Waals surface area contributed by atoms with Crippen molar-refractivity contribution < 1.29 is 14.3 Å². The van der Waals surface area contributed by atoms with Gasteiger partial charge in [-0.25, -0.2) is 0 Å². The molecule has 0 aromatic heterocycles. The van der Waals surface area contributed by atoms with E-state index in [2.05, 4.69) is 5.32 Å². The Kier molecular flexibility index (Phi) is 5.38. The van der Waals surface area contributed by atoms with Gasteiger partial charge in [-0.1, -0.05) is 30.3 Å². The molecule has 0 radical (unpaired) electrons. The van der Waals surface area contributed by atoms with Gasteiger partial charge in [-0.2, -0.15) is 5.26 Å². The summed E-state index contributed by atoms with van der Waals surface area (Å²) in [5.41, 5.74) is 1.46. The van der Waals surface area contributed by atoms with Gasteiger partial charge in [0.2, 0.25) is 0 Å². The maximum atomic E-state index is 11.8. The zero-order valence-electron chi connectivity index (χ0n) is 12.2. The van der Waals surface area contributed by atoms with E-state index < -0.39 is 0 Å². The quantitative estimate of drug-likeness (QED) is 0.831. The normalized spacial score (nSPS) is 9.64. The van der Waals surface area contributed by atoms with Crippen molar-refractivity contribution in [1.29, 1.82) is 5.26 Å². The fraction of sp³-hybridized carbons (Fsp3) is 0.176. The summed E-state index contributed by atoms with van der Waals surface area (Å²) in [5.74, 6) is 0.707. The average Bonchev–Trinajstić information content (AvgIpc) is 2.58. The Morgan fingerprint density at radius 1 is 1.18 bits per heavy atom. The van der Waals surface area contributed by atoms with E-state index >= 15 is 0 Å². The molecule has 0 spiro atoms. The van der Waals surface area contributed by atoms with Crippen molar-refractivity contribution in [2.24, 2.45) is 0 Å². The minimum atomic E-state index is -0.325. The van der Waals surface area contributed by atoms with Crippen LogP contribution in [0, 0.1) is 11.3 Å². The molecule has 2 aromatic carbocycles. The zero-order chi connectivity index (χ0) is 15.8. The summed E-state index contributed by atoms with van der Waals surface area (Å²) >= 11 is 0. The minimum absolute atomic E-state index is 0.0343. The second-order valence-electron chi connectivity index (χ2n) is 4.48. The van der Waals surface area contributed by atoms with Gasteiger partial charge in [0.15, 0.2) is 11.5 Å². The highest BCUT2D eigenvalue weighted by Crippen LogP contribution is 2.28. The van der Waals surface area contributed by atoms with Gasteiger partial charge >= 0.3 is 0 Å². The van der Waals surface area contributed by atoms with E-state index in [4.69, 9.17) is 14.7 Å². The predicted octanol–water partition coefficient (Wildman–Crippen LogP) is 2.53. The van der Waals surface area contributed by atoms with Crippen molar-refractivity contribution >= 4 is 5.91 Å². The summed E-state index contributed by atoms with van der Waals surface area (Å²) in [6, 6.07) is 16.5. The molecule has 0 aliphatic rings. The van der Waals surface area contributed by atoms with Gasteiger partial charge in [0.25, 0.3) is 5.91 Å². The molecule has 5 heteroatoms. The predicted molar refractivity (Wildman–Crippen MR) is 81.7 cm³/mol. The van der Waals surface area contributed by atoms with Gasteiger partial charge in [-0.15, -0.1) is 0 Å². The number of nitrogens with one attached hydrogen (secondary N) is 1. The number of carbonyl (C=O) groups is 1. The fourth-order valence-electron chi connectivity index (χ4n) is 1.89. The molecule has 0 saturated heterocycles. The average molecular weight is 296 g/mol. The molecular formula is C17H16N2O3. The number of hydrogen-bond donors (Lipinski definition) is 1. The third-order valence-electron chi connectivity index (χ3n) is 2.99. The molecule has 0 atom stereocenters. The highest BCUT2D eigenvalue weighted by atomic mass is 16.5. The van der Waals surface area contributed by atoms with Crippen molar-refractivity contribution in [2.45, 2.75) is 6.61 Å². The molecule has 0 aliphatic carbocycles. The largest absolute Gasteiger partial charge is 0.493 e. The number of hydrogen-bond acceptors (Lipinski definition) is 4. The van der Waals surface area contributed by atoms with Crippen LogP contribution in [0.4, 0.5) is 0 Å². The first kappa shape index (κ1) is 15.4. The lowest BCUT2D eigenvalue weighted by Crippen LogP contribution is -2.23. The van der Waals surface area contributed by atoms with Crippen LogP contribution in [0.25, 0.3) is 0 Å². The molecule has 2 rings (SSSR count). The molecule has 0 saturated carbocycles. The molecular weight excluding hydrogens is 280 g/mol. The van der Waals surface area contributed by atoms with Gasteiger partial charge in [-0.3, -0.25) is 4.79 Å². The van der Waals surface area contributed by atoms with Crippen LogP contribution in [-0.4, -0.2) is 19.6 Å². The van der Waals surface area contributed by atoms with Crippen LogP contribution >= 0.6 is 0 Å². The van der Waals surface area contributed by atoms with Gasteiger partial charge in [0.05, 0.1) is 13.2 Å². The van der Waals surface area contributed by atoms with Crippen molar-refractivity contribution in [2.75, 3.05) is 13.7 Å². The molecule has 22 heavy (non-hydrogen) atoms. The Labute approximate surface area is 129 Å². The van der Waals surface area contributed by atoms with Crippen LogP contribution in [-0.2, 0) is 6.61 Å². The first-order valence-electron chi connectivity index (χ1n) is 6.74. The van der Waals surface area contributed by atoms with Crippen LogP contribution in [0.15, 0.2) is 48.5 Å². The van der Waals surface area contributed by atoms with E-state index in [0.29, 0.717) is 23.7 Å². The number of benzene rings is 2. The number of nitriles is 1.